The Labute approximate surface area is 111 Å². The highest BCUT2D eigenvalue weighted by atomic mass is 35.5. The topological polar surface area (TPSA) is 71.5 Å². The number of ether oxygens (including phenoxy) is 1. The molecule has 5 nitrogen and oxygen atoms in total. The molecule has 2 N–H and O–H groups in total. The molecule has 6 heteroatoms. The molecule has 0 unspecified atom stereocenters. The van der Waals surface area contributed by atoms with Crippen molar-refractivity contribution in [2.75, 3.05) is 11.9 Å². The third-order valence-electron chi connectivity index (χ3n) is 1.98. The molecule has 1 amide bonds. The Kier molecular flexibility index (Phi) is 4.93. The summed E-state index contributed by atoms with van der Waals surface area (Å²) in [4.78, 5) is 15.6. The number of amides is 1. The van der Waals surface area contributed by atoms with Crippen molar-refractivity contribution < 1.29 is 14.6 Å². The lowest BCUT2D eigenvalue weighted by molar-refractivity contribution is 0.0635. The monoisotopic (exact) mass is 272 g/mol. The van der Waals surface area contributed by atoms with Gasteiger partial charge in [0, 0.05) is 29.8 Å². The van der Waals surface area contributed by atoms with Gasteiger partial charge < -0.3 is 9.84 Å². The van der Waals surface area contributed by atoms with Crippen LogP contribution in [0.25, 0.3) is 0 Å². The number of aromatic nitrogens is 1. The number of carbonyl (C=O) groups excluding carboxylic acids is 1. The van der Waals surface area contributed by atoms with Crippen molar-refractivity contribution in [3.63, 3.8) is 0 Å². The number of aliphatic hydroxyl groups excluding tert-OH is 1. The Morgan fingerprint density at radius 3 is 2.78 bits per heavy atom. The summed E-state index contributed by atoms with van der Waals surface area (Å²) in [5.41, 5.74) is 0.00677. The van der Waals surface area contributed by atoms with E-state index >= 15 is 0 Å². The predicted octanol–water partition coefficient (Wildman–Crippen LogP) is 2.62. The quantitative estimate of drug-likeness (QED) is 0.887. The first kappa shape index (κ1) is 14.7. The zero-order valence-corrected chi connectivity index (χ0v) is 11.4. The molecule has 0 aliphatic heterocycles. The minimum Gasteiger partial charge on any atom is -0.444 e. The van der Waals surface area contributed by atoms with E-state index in [9.17, 15) is 4.79 Å². The first-order chi connectivity index (χ1) is 8.33. The lowest BCUT2D eigenvalue weighted by Crippen LogP contribution is -2.28. The van der Waals surface area contributed by atoms with Gasteiger partial charge >= 0.3 is 6.09 Å². The van der Waals surface area contributed by atoms with Gasteiger partial charge in [0.05, 0.1) is 0 Å². The summed E-state index contributed by atoms with van der Waals surface area (Å²) in [5, 5.41) is 11.9. The van der Waals surface area contributed by atoms with Crippen molar-refractivity contribution in [1.29, 1.82) is 0 Å². The second-order valence-electron chi connectivity index (χ2n) is 4.72. The van der Waals surface area contributed by atoms with E-state index in [4.69, 9.17) is 21.4 Å². The third kappa shape index (κ3) is 4.50. The Balaban J connectivity index is 2.84. The molecular weight excluding hydrogens is 256 g/mol. The van der Waals surface area contributed by atoms with Gasteiger partial charge in [0.15, 0.2) is 0 Å². The highest BCUT2D eigenvalue weighted by Crippen LogP contribution is 2.23. The zero-order chi connectivity index (χ0) is 13.8. The maximum atomic E-state index is 11.6. The van der Waals surface area contributed by atoms with E-state index in [2.05, 4.69) is 10.3 Å². The summed E-state index contributed by atoms with van der Waals surface area (Å²) in [5.74, 6) is 0.311. The van der Waals surface area contributed by atoms with Gasteiger partial charge in [-0.1, -0.05) is 11.6 Å². The van der Waals surface area contributed by atoms with Crippen LogP contribution in [0.1, 0.15) is 26.3 Å². The standard InChI is InChI=1S/C12H17ClN2O3/c1-12(2,3)18-11(17)15-10-8(5-7-16)9(13)4-6-14-10/h4,6,16H,5,7H2,1-3H3,(H,14,15,17). The van der Waals surface area contributed by atoms with Gasteiger partial charge in [-0.2, -0.15) is 0 Å². The van der Waals surface area contributed by atoms with E-state index in [0.717, 1.165) is 0 Å². The molecule has 0 bridgehead atoms. The minimum atomic E-state index is -0.601. The van der Waals surface area contributed by atoms with Crippen molar-refractivity contribution in [2.45, 2.75) is 32.8 Å². The average Bonchev–Trinajstić information content (AvgIpc) is 2.20. The Morgan fingerprint density at radius 2 is 2.22 bits per heavy atom. The zero-order valence-electron chi connectivity index (χ0n) is 10.7. The largest absolute Gasteiger partial charge is 0.444 e. The van der Waals surface area contributed by atoms with Gasteiger partial charge in [0.1, 0.15) is 11.4 Å². The van der Waals surface area contributed by atoms with E-state index in [1.54, 1.807) is 26.8 Å². The number of hydrogen-bond acceptors (Lipinski definition) is 4. The van der Waals surface area contributed by atoms with Crippen LogP contribution < -0.4 is 5.32 Å². The van der Waals surface area contributed by atoms with Crippen molar-refractivity contribution in [3.8, 4) is 0 Å². The molecule has 18 heavy (non-hydrogen) atoms. The fourth-order valence-corrected chi connectivity index (χ4v) is 1.57. The van der Waals surface area contributed by atoms with E-state index in [1.807, 2.05) is 0 Å². The number of carbonyl (C=O) groups is 1. The van der Waals surface area contributed by atoms with Crippen LogP contribution in [0.4, 0.5) is 10.6 Å². The molecule has 1 aromatic rings. The van der Waals surface area contributed by atoms with Crippen LogP contribution in [0, 0.1) is 0 Å². The lowest BCUT2D eigenvalue weighted by atomic mass is 10.2. The molecule has 0 aromatic carbocycles. The van der Waals surface area contributed by atoms with Crippen molar-refractivity contribution in [2.24, 2.45) is 0 Å². The summed E-state index contributed by atoms with van der Waals surface area (Å²) in [6, 6.07) is 1.60. The maximum absolute atomic E-state index is 11.6. The van der Waals surface area contributed by atoms with E-state index in [0.29, 0.717) is 22.8 Å². The van der Waals surface area contributed by atoms with Crippen molar-refractivity contribution in [1.82, 2.24) is 4.98 Å². The van der Waals surface area contributed by atoms with E-state index in [-0.39, 0.29) is 6.61 Å². The van der Waals surface area contributed by atoms with Crippen LogP contribution in [0.3, 0.4) is 0 Å². The number of nitrogens with zero attached hydrogens (tertiary/aromatic N) is 1. The molecule has 0 aliphatic rings. The molecule has 100 valence electrons. The Bertz CT molecular complexity index is 430. The lowest BCUT2D eigenvalue weighted by Gasteiger charge is -2.20. The van der Waals surface area contributed by atoms with Gasteiger partial charge in [-0.05, 0) is 26.8 Å². The molecule has 1 aromatic heterocycles. The number of anilines is 1. The van der Waals surface area contributed by atoms with Crippen LogP contribution in [0.15, 0.2) is 12.3 Å². The van der Waals surface area contributed by atoms with E-state index in [1.165, 1.54) is 6.20 Å². The fourth-order valence-electron chi connectivity index (χ4n) is 1.33. The normalized spacial score (nSPS) is 11.2. The number of halogens is 1. The number of pyridine rings is 1. The van der Waals surface area contributed by atoms with Crippen LogP contribution in [0.5, 0.6) is 0 Å². The molecule has 1 heterocycles. The van der Waals surface area contributed by atoms with Gasteiger partial charge in [0.2, 0.25) is 0 Å². The SMILES string of the molecule is CC(C)(C)OC(=O)Nc1nccc(Cl)c1CCO. The molecular formula is C12H17ClN2O3. The molecule has 0 fully saturated rings. The summed E-state index contributed by atoms with van der Waals surface area (Å²) in [7, 11) is 0. The predicted molar refractivity (Wildman–Crippen MR) is 69.9 cm³/mol. The fraction of sp³-hybridized carbons (Fsp3) is 0.500. The molecule has 0 saturated carbocycles. The highest BCUT2D eigenvalue weighted by Gasteiger charge is 2.18. The molecule has 0 saturated heterocycles. The van der Waals surface area contributed by atoms with Crippen LogP contribution in [-0.2, 0) is 11.2 Å². The van der Waals surface area contributed by atoms with Crippen molar-refractivity contribution in [3.05, 3.63) is 22.8 Å². The van der Waals surface area contributed by atoms with Crippen molar-refractivity contribution >= 4 is 23.5 Å². The van der Waals surface area contributed by atoms with Crippen LogP contribution in [0.2, 0.25) is 5.02 Å². The summed E-state index contributed by atoms with van der Waals surface area (Å²) in [6.45, 7) is 5.24. The number of hydrogen-bond donors (Lipinski definition) is 2. The van der Waals surface area contributed by atoms with Crippen LogP contribution >= 0.6 is 11.6 Å². The first-order valence-corrected chi connectivity index (χ1v) is 5.95. The molecule has 1 rings (SSSR count). The van der Waals surface area contributed by atoms with Crippen LogP contribution in [-0.4, -0.2) is 28.4 Å². The molecule has 0 radical (unpaired) electrons. The Hall–Kier alpha value is -1.33. The summed E-state index contributed by atoms with van der Waals surface area (Å²) >= 11 is 5.98. The summed E-state index contributed by atoms with van der Waals surface area (Å²) < 4.78 is 5.12. The number of nitrogens with one attached hydrogen (secondary N) is 1. The average molecular weight is 273 g/mol. The van der Waals surface area contributed by atoms with Gasteiger partial charge in [0.25, 0.3) is 0 Å². The molecule has 0 atom stereocenters. The number of rotatable bonds is 3. The third-order valence-corrected chi connectivity index (χ3v) is 2.33. The number of aliphatic hydroxyl groups is 1. The van der Waals surface area contributed by atoms with Gasteiger partial charge in [-0.15, -0.1) is 0 Å². The Morgan fingerprint density at radius 1 is 1.56 bits per heavy atom. The second-order valence-corrected chi connectivity index (χ2v) is 5.13. The minimum absolute atomic E-state index is 0.0750. The highest BCUT2D eigenvalue weighted by molar-refractivity contribution is 6.31. The van der Waals surface area contributed by atoms with E-state index < -0.39 is 11.7 Å². The van der Waals surface area contributed by atoms with Gasteiger partial charge in [-0.3, -0.25) is 5.32 Å². The molecule has 0 aliphatic carbocycles. The maximum Gasteiger partial charge on any atom is 0.413 e. The second kappa shape index (κ2) is 6.02. The first-order valence-electron chi connectivity index (χ1n) is 5.57. The smallest absolute Gasteiger partial charge is 0.413 e. The summed E-state index contributed by atoms with van der Waals surface area (Å²) in [6.07, 6.45) is 1.20. The molecule has 0 spiro atoms. The van der Waals surface area contributed by atoms with Gasteiger partial charge in [-0.25, -0.2) is 9.78 Å².